The minimum absolute atomic E-state index is 0.0769. The molecular weight excluding hydrogens is 326 g/mol. The molecule has 1 unspecified atom stereocenters. The van der Waals surface area contributed by atoms with E-state index in [1.807, 2.05) is 36.2 Å². The number of nitrogens with zero attached hydrogens (tertiary/aromatic N) is 2. The molecule has 2 aliphatic rings. The Morgan fingerprint density at radius 1 is 1.23 bits per heavy atom. The second-order valence-electron chi connectivity index (χ2n) is 7.82. The molecule has 1 aromatic carbocycles. The van der Waals surface area contributed by atoms with E-state index >= 15 is 0 Å². The van der Waals surface area contributed by atoms with Gasteiger partial charge >= 0.3 is 0 Å². The van der Waals surface area contributed by atoms with Crippen LogP contribution in [0.15, 0.2) is 24.3 Å². The smallest absolute Gasteiger partial charge is 0.270 e. The monoisotopic (exact) mass is 355 g/mol. The van der Waals surface area contributed by atoms with Crippen molar-refractivity contribution in [1.29, 1.82) is 0 Å². The highest BCUT2D eigenvalue weighted by atomic mass is 16.5. The molecule has 1 N–H and O–H groups in total. The highest BCUT2D eigenvalue weighted by Crippen LogP contribution is 2.31. The molecule has 5 nitrogen and oxygen atoms in total. The van der Waals surface area contributed by atoms with Crippen LogP contribution in [0, 0.1) is 5.92 Å². The molecule has 1 aromatic heterocycles. The minimum Gasteiger partial charge on any atom is -0.497 e. The third-order valence-electron chi connectivity index (χ3n) is 6.14. The van der Waals surface area contributed by atoms with Crippen LogP contribution in [0.3, 0.4) is 0 Å². The average Bonchev–Trinajstić information content (AvgIpc) is 3.10. The Balaban J connectivity index is 1.47. The maximum Gasteiger partial charge on any atom is 0.270 e. The van der Waals surface area contributed by atoms with Crippen molar-refractivity contribution in [3.63, 3.8) is 0 Å². The van der Waals surface area contributed by atoms with Gasteiger partial charge in [-0.1, -0.05) is 6.42 Å². The maximum atomic E-state index is 13.0. The van der Waals surface area contributed by atoms with Crippen molar-refractivity contribution in [1.82, 2.24) is 14.8 Å². The number of benzene rings is 1. The van der Waals surface area contributed by atoms with Gasteiger partial charge in [-0.2, -0.15) is 0 Å². The lowest BCUT2D eigenvalue weighted by Gasteiger charge is -2.45. The maximum absolute atomic E-state index is 13.0. The van der Waals surface area contributed by atoms with Crippen LogP contribution in [0.4, 0.5) is 0 Å². The molecule has 0 aliphatic carbocycles. The molecule has 0 radical (unpaired) electrons. The summed E-state index contributed by atoms with van der Waals surface area (Å²) < 4.78 is 5.28. The summed E-state index contributed by atoms with van der Waals surface area (Å²) in [6, 6.07) is 8.44. The van der Waals surface area contributed by atoms with Gasteiger partial charge in [-0.05, 0) is 69.0 Å². The van der Waals surface area contributed by atoms with Crippen LogP contribution in [0.5, 0.6) is 5.75 Å². The van der Waals surface area contributed by atoms with Crippen LogP contribution in [-0.2, 0) is 0 Å². The van der Waals surface area contributed by atoms with Crippen molar-refractivity contribution in [3.05, 3.63) is 30.0 Å². The average molecular weight is 355 g/mol. The fourth-order valence-corrected chi connectivity index (χ4v) is 4.78. The normalized spacial score (nSPS) is 23.6. The summed E-state index contributed by atoms with van der Waals surface area (Å²) in [7, 11) is 3.60. The Kier molecular flexibility index (Phi) is 4.90. The molecule has 140 valence electrons. The molecule has 0 bridgehead atoms. The quantitative estimate of drug-likeness (QED) is 0.913. The summed E-state index contributed by atoms with van der Waals surface area (Å²) in [6.07, 6.45) is 6.45. The Morgan fingerprint density at radius 3 is 2.92 bits per heavy atom. The molecule has 2 aromatic rings. The second-order valence-corrected chi connectivity index (χ2v) is 7.82. The Bertz CT molecular complexity index is 783. The zero-order valence-electron chi connectivity index (χ0n) is 15.8. The summed E-state index contributed by atoms with van der Waals surface area (Å²) in [6.45, 7) is 3.32. The van der Waals surface area contributed by atoms with Crippen molar-refractivity contribution >= 4 is 16.8 Å². The van der Waals surface area contributed by atoms with E-state index in [2.05, 4.69) is 9.88 Å². The van der Waals surface area contributed by atoms with E-state index < -0.39 is 0 Å². The number of carbonyl (C=O) groups is 1. The van der Waals surface area contributed by atoms with Crippen molar-refractivity contribution in [3.8, 4) is 5.75 Å². The molecule has 1 amide bonds. The summed E-state index contributed by atoms with van der Waals surface area (Å²) in [5, 5.41) is 1.01. The van der Waals surface area contributed by atoms with E-state index in [9.17, 15) is 4.79 Å². The van der Waals surface area contributed by atoms with Crippen LogP contribution in [0.2, 0.25) is 0 Å². The molecule has 4 rings (SSSR count). The van der Waals surface area contributed by atoms with Crippen LogP contribution in [0.1, 0.15) is 42.6 Å². The number of rotatable bonds is 4. The number of hydrogen-bond acceptors (Lipinski definition) is 3. The molecule has 0 spiro atoms. The number of nitrogens with one attached hydrogen (secondary N) is 1. The van der Waals surface area contributed by atoms with Crippen LogP contribution >= 0.6 is 0 Å². The number of hydrogen-bond donors (Lipinski definition) is 1. The zero-order valence-corrected chi connectivity index (χ0v) is 15.8. The number of amides is 1. The first kappa shape index (κ1) is 17.4. The molecule has 26 heavy (non-hydrogen) atoms. The van der Waals surface area contributed by atoms with Gasteiger partial charge in [-0.25, -0.2) is 0 Å². The highest BCUT2D eigenvalue weighted by molar-refractivity contribution is 5.98. The van der Waals surface area contributed by atoms with Crippen molar-refractivity contribution in [2.75, 3.05) is 33.8 Å². The SMILES string of the molecule is COc1ccc2[nH]c(C(=O)N(C)CC3CCCN4CCCC[C@H]34)cc2c1. The first-order chi connectivity index (χ1) is 12.7. The third kappa shape index (κ3) is 3.32. The van der Waals surface area contributed by atoms with Gasteiger partial charge in [-0.3, -0.25) is 4.79 Å². The number of aromatic nitrogens is 1. The molecule has 2 atom stereocenters. The topological polar surface area (TPSA) is 48.6 Å². The summed E-state index contributed by atoms with van der Waals surface area (Å²) >= 11 is 0. The number of piperidine rings is 2. The predicted molar refractivity (Wildman–Crippen MR) is 104 cm³/mol. The second kappa shape index (κ2) is 7.31. The first-order valence-electron chi connectivity index (χ1n) is 9.82. The minimum atomic E-state index is 0.0769. The van der Waals surface area contributed by atoms with E-state index in [0.29, 0.717) is 17.7 Å². The lowest BCUT2D eigenvalue weighted by molar-refractivity contribution is 0.0401. The zero-order chi connectivity index (χ0) is 18.1. The summed E-state index contributed by atoms with van der Waals surface area (Å²) in [5.41, 5.74) is 1.63. The molecule has 3 heterocycles. The van der Waals surface area contributed by atoms with Gasteiger partial charge in [0, 0.05) is 30.5 Å². The first-order valence-corrected chi connectivity index (χ1v) is 9.82. The van der Waals surface area contributed by atoms with Gasteiger partial charge in [0.2, 0.25) is 0 Å². The van der Waals surface area contributed by atoms with E-state index in [0.717, 1.165) is 23.2 Å². The van der Waals surface area contributed by atoms with Crippen LogP contribution in [-0.4, -0.2) is 60.5 Å². The van der Waals surface area contributed by atoms with Crippen molar-refractivity contribution < 1.29 is 9.53 Å². The Labute approximate surface area is 155 Å². The fourth-order valence-electron chi connectivity index (χ4n) is 4.78. The molecule has 2 aliphatic heterocycles. The Morgan fingerprint density at radius 2 is 2.08 bits per heavy atom. The van der Waals surface area contributed by atoms with Crippen molar-refractivity contribution in [2.24, 2.45) is 5.92 Å². The van der Waals surface area contributed by atoms with Gasteiger partial charge < -0.3 is 19.5 Å². The fraction of sp³-hybridized carbons (Fsp3) is 0.571. The van der Waals surface area contributed by atoms with E-state index in [1.54, 1.807) is 7.11 Å². The predicted octanol–water partition coefficient (Wildman–Crippen LogP) is 3.51. The lowest BCUT2D eigenvalue weighted by Crippen LogP contribution is -2.51. The van der Waals surface area contributed by atoms with Crippen LogP contribution < -0.4 is 4.74 Å². The summed E-state index contributed by atoms with van der Waals surface area (Å²) in [5.74, 6) is 1.49. The number of methoxy groups -OCH3 is 1. The number of H-pyrrole nitrogens is 1. The number of carbonyl (C=O) groups excluding carboxylic acids is 1. The van der Waals surface area contributed by atoms with Gasteiger partial charge in [0.1, 0.15) is 11.4 Å². The molecule has 0 saturated carbocycles. The third-order valence-corrected chi connectivity index (χ3v) is 6.14. The molecule has 5 heteroatoms. The van der Waals surface area contributed by atoms with E-state index in [-0.39, 0.29) is 5.91 Å². The van der Waals surface area contributed by atoms with Crippen LogP contribution in [0.25, 0.3) is 10.9 Å². The molecule has 2 fully saturated rings. The number of aromatic amines is 1. The van der Waals surface area contributed by atoms with Gasteiger partial charge in [0.05, 0.1) is 7.11 Å². The standard InChI is InChI=1S/C21H29N3O2/c1-23(14-15-6-5-11-24-10-4-3-7-20(15)24)21(25)19-13-16-12-17(26-2)8-9-18(16)22-19/h8-9,12-13,15,20,22H,3-7,10-11,14H2,1-2H3/t15?,20-/m1/s1. The van der Waals surface area contributed by atoms with Gasteiger partial charge in [-0.15, -0.1) is 0 Å². The van der Waals surface area contributed by atoms with Crippen molar-refractivity contribution in [2.45, 2.75) is 38.1 Å². The largest absolute Gasteiger partial charge is 0.497 e. The van der Waals surface area contributed by atoms with Gasteiger partial charge in [0.15, 0.2) is 0 Å². The summed E-state index contributed by atoms with van der Waals surface area (Å²) in [4.78, 5) is 20.8. The lowest BCUT2D eigenvalue weighted by atomic mass is 9.83. The highest BCUT2D eigenvalue weighted by Gasteiger charge is 2.34. The van der Waals surface area contributed by atoms with E-state index in [1.165, 1.54) is 45.2 Å². The molecule has 2 saturated heterocycles. The van der Waals surface area contributed by atoms with Gasteiger partial charge in [0.25, 0.3) is 5.91 Å². The number of ether oxygens (including phenoxy) is 1. The van der Waals surface area contributed by atoms with E-state index in [4.69, 9.17) is 4.74 Å². The molecular formula is C21H29N3O2. The number of fused-ring (bicyclic) bond motifs is 2. The Hall–Kier alpha value is -2.01.